The first-order valence-corrected chi connectivity index (χ1v) is 12.4. The number of Topliss-reactive ketones (excluding diaryl/α,β-unsaturated/α-hetero) is 1. The van der Waals surface area contributed by atoms with Crippen molar-refractivity contribution in [3.05, 3.63) is 95.6 Å². The summed E-state index contributed by atoms with van der Waals surface area (Å²) in [6, 6.07) is 22.4. The van der Waals surface area contributed by atoms with Crippen molar-refractivity contribution in [2.75, 3.05) is 31.0 Å². The van der Waals surface area contributed by atoms with E-state index in [0.717, 1.165) is 16.2 Å². The Labute approximate surface area is 221 Å². The van der Waals surface area contributed by atoms with Crippen molar-refractivity contribution in [2.24, 2.45) is 11.8 Å². The molecule has 0 aliphatic carbocycles. The predicted molar refractivity (Wildman–Crippen MR) is 143 cm³/mol. The average molecular weight is 512 g/mol. The van der Waals surface area contributed by atoms with Crippen LogP contribution in [0.1, 0.15) is 34.5 Å². The van der Waals surface area contributed by atoms with E-state index in [1.165, 1.54) is 20.1 Å². The average Bonchev–Trinajstić information content (AvgIpc) is 3.43. The second-order valence-electron chi connectivity index (χ2n) is 9.90. The number of esters is 1. The predicted octanol–water partition coefficient (Wildman–Crippen LogP) is 3.47. The second kappa shape index (κ2) is 9.54. The zero-order valence-corrected chi connectivity index (χ0v) is 21.7. The van der Waals surface area contributed by atoms with Crippen LogP contribution in [0.4, 0.5) is 11.4 Å². The standard InChI is InChI=1S/C30H29N3O5/c1-18(34)20-9-8-12-23(17-20)33-27(35)24-25(28(33)36)30(29(37)38-4,21-10-6-5-7-11-21)31-26(24)19-13-15-22(16-14-19)32(2)3/h5-17,24-26,31H,1-4H3/t24-,25-,26-,30-/m1/s1. The highest BCUT2D eigenvalue weighted by Gasteiger charge is 2.69. The van der Waals surface area contributed by atoms with Crippen LogP contribution in [-0.2, 0) is 24.7 Å². The molecule has 8 heteroatoms. The maximum absolute atomic E-state index is 14.2. The van der Waals surface area contributed by atoms with Gasteiger partial charge < -0.3 is 9.64 Å². The second-order valence-corrected chi connectivity index (χ2v) is 9.90. The smallest absolute Gasteiger partial charge is 0.331 e. The third-order valence-electron chi connectivity index (χ3n) is 7.58. The van der Waals surface area contributed by atoms with E-state index in [1.807, 2.05) is 49.3 Å². The van der Waals surface area contributed by atoms with Gasteiger partial charge in [0.2, 0.25) is 11.8 Å². The largest absolute Gasteiger partial charge is 0.467 e. The number of hydrogen-bond donors (Lipinski definition) is 1. The summed E-state index contributed by atoms with van der Waals surface area (Å²) in [5, 5.41) is 3.39. The van der Waals surface area contributed by atoms with Gasteiger partial charge in [0.1, 0.15) is 0 Å². The van der Waals surface area contributed by atoms with Gasteiger partial charge in [-0.05, 0) is 42.3 Å². The Balaban J connectivity index is 1.70. The highest BCUT2D eigenvalue weighted by atomic mass is 16.5. The van der Waals surface area contributed by atoms with Crippen molar-refractivity contribution in [2.45, 2.75) is 18.5 Å². The van der Waals surface area contributed by atoms with Crippen LogP contribution in [0.25, 0.3) is 0 Å². The van der Waals surface area contributed by atoms with Crippen molar-refractivity contribution in [3.8, 4) is 0 Å². The molecule has 38 heavy (non-hydrogen) atoms. The number of methoxy groups -OCH3 is 1. The first-order chi connectivity index (χ1) is 18.2. The Kier molecular flexibility index (Phi) is 6.36. The minimum absolute atomic E-state index is 0.181. The van der Waals surface area contributed by atoms with Crippen molar-refractivity contribution < 1.29 is 23.9 Å². The van der Waals surface area contributed by atoms with Crippen molar-refractivity contribution in [1.82, 2.24) is 5.32 Å². The number of ether oxygens (including phenoxy) is 1. The summed E-state index contributed by atoms with van der Waals surface area (Å²) in [4.78, 5) is 57.0. The minimum Gasteiger partial charge on any atom is -0.467 e. The van der Waals surface area contributed by atoms with Gasteiger partial charge in [0.25, 0.3) is 0 Å². The topological polar surface area (TPSA) is 96.0 Å². The summed E-state index contributed by atoms with van der Waals surface area (Å²) in [6.45, 7) is 1.43. The molecule has 194 valence electrons. The molecule has 0 radical (unpaired) electrons. The lowest BCUT2D eigenvalue weighted by molar-refractivity contribution is -0.152. The molecular formula is C30H29N3O5. The maximum atomic E-state index is 14.2. The van der Waals surface area contributed by atoms with E-state index in [9.17, 15) is 19.2 Å². The number of carbonyl (C=O) groups is 4. The Bertz CT molecular complexity index is 1420. The summed E-state index contributed by atoms with van der Waals surface area (Å²) in [6.07, 6.45) is 0. The van der Waals surface area contributed by atoms with Crippen LogP contribution in [0.15, 0.2) is 78.9 Å². The van der Waals surface area contributed by atoms with E-state index in [2.05, 4.69) is 5.32 Å². The molecule has 0 spiro atoms. The Hall–Kier alpha value is -4.30. The lowest BCUT2D eigenvalue weighted by atomic mass is 9.75. The number of amides is 2. The zero-order chi connectivity index (χ0) is 27.2. The van der Waals surface area contributed by atoms with Crippen LogP contribution < -0.4 is 15.1 Å². The van der Waals surface area contributed by atoms with Gasteiger partial charge in [-0.15, -0.1) is 0 Å². The van der Waals surface area contributed by atoms with Crippen molar-refractivity contribution in [1.29, 1.82) is 0 Å². The summed E-state index contributed by atoms with van der Waals surface area (Å²) < 4.78 is 5.28. The molecular weight excluding hydrogens is 482 g/mol. The molecule has 2 saturated heterocycles. The zero-order valence-electron chi connectivity index (χ0n) is 21.7. The summed E-state index contributed by atoms with van der Waals surface area (Å²) >= 11 is 0. The number of carbonyl (C=O) groups excluding carboxylic acids is 4. The molecule has 0 aromatic heterocycles. The number of fused-ring (bicyclic) bond motifs is 1. The van der Waals surface area contributed by atoms with E-state index < -0.39 is 41.2 Å². The first-order valence-electron chi connectivity index (χ1n) is 12.4. The maximum Gasteiger partial charge on any atom is 0.331 e. The quantitative estimate of drug-likeness (QED) is 0.308. The Morgan fingerprint density at radius 2 is 1.61 bits per heavy atom. The molecule has 2 aliphatic heterocycles. The third kappa shape index (κ3) is 3.80. The van der Waals surface area contributed by atoms with Gasteiger partial charge in [0.15, 0.2) is 11.3 Å². The Morgan fingerprint density at radius 3 is 2.21 bits per heavy atom. The van der Waals surface area contributed by atoms with Crippen molar-refractivity contribution in [3.63, 3.8) is 0 Å². The summed E-state index contributed by atoms with van der Waals surface area (Å²) in [5.74, 6) is -3.73. The molecule has 2 fully saturated rings. The molecule has 3 aromatic rings. The fraction of sp³-hybridized carbons (Fsp3) is 0.267. The highest BCUT2D eigenvalue weighted by Crippen LogP contribution is 2.54. The van der Waals surface area contributed by atoms with Crippen LogP contribution in [0.5, 0.6) is 0 Å². The van der Waals surface area contributed by atoms with E-state index >= 15 is 0 Å². The number of rotatable bonds is 6. The molecule has 8 nitrogen and oxygen atoms in total. The van der Waals surface area contributed by atoms with Crippen LogP contribution in [0, 0.1) is 11.8 Å². The lowest BCUT2D eigenvalue weighted by Crippen LogP contribution is -2.53. The molecule has 1 N–H and O–H groups in total. The molecule has 4 atom stereocenters. The molecule has 2 aliphatic rings. The van der Waals surface area contributed by atoms with E-state index in [4.69, 9.17) is 4.74 Å². The van der Waals surface area contributed by atoms with Gasteiger partial charge in [-0.2, -0.15) is 0 Å². The van der Waals surface area contributed by atoms with Crippen molar-refractivity contribution >= 4 is 34.9 Å². The summed E-state index contributed by atoms with van der Waals surface area (Å²) in [7, 11) is 5.14. The lowest BCUT2D eigenvalue weighted by Gasteiger charge is -2.33. The molecule has 0 saturated carbocycles. The number of ketones is 1. The first kappa shape index (κ1) is 25.4. The molecule has 0 unspecified atom stereocenters. The highest BCUT2D eigenvalue weighted by molar-refractivity contribution is 6.24. The van der Waals surface area contributed by atoms with Crippen LogP contribution in [-0.4, -0.2) is 44.8 Å². The van der Waals surface area contributed by atoms with Gasteiger partial charge >= 0.3 is 5.97 Å². The third-order valence-corrected chi connectivity index (χ3v) is 7.58. The van der Waals surface area contributed by atoms with Gasteiger partial charge in [-0.1, -0.05) is 54.6 Å². The van der Waals surface area contributed by atoms with E-state index in [1.54, 1.807) is 42.5 Å². The number of benzene rings is 3. The number of anilines is 2. The fourth-order valence-electron chi connectivity index (χ4n) is 5.72. The van der Waals surface area contributed by atoms with Gasteiger partial charge in [0, 0.05) is 31.4 Å². The monoisotopic (exact) mass is 511 g/mol. The fourth-order valence-corrected chi connectivity index (χ4v) is 5.72. The number of hydrogen-bond acceptors (Lipinski definition) is 7. The number of nitrogens with one attached hydrogen (secondary N) is 1. The molecule has 2 heterocycles. The Morgan fingerprint density at radius 1 is 0.921 bits per heavy atom. The number of nitrogens with zero attached hydrogens (tertiary/aromatic N) is 2. The molecule has 3 aromatic carbocycles. The summed E-state index contributed by atoms with van der Waals surface area (Å²) in [5.41, 5.74) is 1.38. The van der Waals surface area contributed by atoms with Crippen LogP contribution in [0.2, 0.25) is 0 Å². The van der Waals surface area contributed by atoms with Crippen LogP contribution >= 0.6 is 0 Å². The SMILES string of the molecule is COC(=O)[C@]1(c2ccccc2)N[C@H](c2ccc(N(C)C)cc2)[C@@H]2C(=O)N(c3cccc(C(C)=O)c3)C(=O)[C@@H]21. The van der Waals surface area contributed by atoms with Gasteiger partial charge in [-0.25, -0.2) is 9.69 Å². The van der Waals surface area contributed by atoms with E-state index in [0.29, 0.717) is 16.8 Å². The van der Waals surface area contributed by atoms with Gasteiger partial charge in [-0.3, -0.25) is 19.7 Å². The van der Waals surface area contributed by atoms with Crippen LogP contribution in [0.3, 0.4) is 0 Å². The number of imide groups is 1. The minimum atomic E-state index is -1.59. The molecule has 2 amide bonds. The molecule has 0 bridgehead atoms. The molecule has 5 rings (SSSR count). The van der Waals surface area contributed by atoms with E-state index in [-0.39, 0.29) is 5.78 Å². The van der Waals surface area contributed by atoms with Gasteiger partial charge in [0.05, 0.1) is 24.6 Å². The normalized spacial score (nSPS) is 24.3.